The van der Waals surface area contributed by atoms with E-state index in [0.29, 0.717) is 5.56 Å². The van der Waals surface area contributed by atoms with Crippen molar-refractivity contribution in [3.05, 3.63) is 34.2 Å². The molecule has 2 heterocycles. The maximum Gasteiger partial charge on any atom is 0.254 e. The van der Waals surface area contributed by atoms with Gasteiger partial charge in [0.2, 0.25) is 5.56 Å². The van der Waals surface area contributed by atoms with E-state index >= 15 is 0 Å². The molecule has 1 aromatic rings. The molecule has 5 nitrogen and oxygen atoms in total. The molecule has 5 heteroatoms. The Labute approximate surface area is 106 Å². The molecule has 98 valence electrons. The number of nitrogens with one attached hydrogen (secondary N) is 2. The Morgan fingerprint density at radius 1 is 1.56 bits per heavy atom. The summed E-state index contributed by atoms with van der Waals surface area (Å²) in [4.78, 5) is 28.0. The Morgan fingerprint density at radius 3 is 3.11 bits per heavy atom. The van der Waals surface area contributed by atoms with Crippen molar-refractivity contribution in [2.45, 2.75) is 25.3 Å². The number of aromatic nitrogens is 1. The van der Waals surface area contributed by atoms with Crippen molar-refractivity contribution in [3.8, 4) is 0 Å². The predicted octanol–water partition coefficient (Wildman–Crippen LogP) is 0.589. The first-order valence-electron chi connectivity index (χ1n) is 6.36. The van der Waals surface area contributed by atoms with E-state index in [9.17, 15) is 9.59 Å². The van der Waals surface area contributed by atoms with E-state index in [2.05, 4.69) is 10.3 Å². The highest BCUT2D eigenvalue weighted by Crippen LogP contribution is 2.18. The first-order chi connectivity index (χ1) is 8.72. The Morgan fingerprint density at radius 2 is 2.39 bits per heavy atom. The number of hydrogen-bond acceptors (Lipinski definition) is 3. The third-order valence-electron chi connectivity index (χ3n) is 3.35. The van der Waals surface area contributed by atoms with Crippen LogP contribution in [0.15, 0.2) is 23.1 Å². The minimum Gasteiger partial charge on any atom is -0.334 e. The van der Waals surface area contributed by atoms with Gasteiger partial charge in [-0.25, -0.2) is 0 Å². The SMILES string of the molecule is CNCC1CCCCN1C(=O)c1cc[nH]c(=O)c1. The number of likely N-dealkylation sites (tertiary alicyclic amines) is 1. The van der Waals surface area contributed by atoms with Crippen molar-refractivity contribution in [2.75, 3.05) is 20.1 Å². The van der Waals surface area contributed by atoms with Crippen LogP contribution in [0, 0.1) is 0 Å². The van der Waals surface area contributed by atoms with Crippen molar-refractivity contribution >= 4 is 5.91 Å². The lowest BCUT2D eigenvalue weighted by molar-refractivity contribution is 0.0615. The fraction of sp³-hybridized carbons (Fsp3) is 0.538. The quantitative estimate of drug-likeness (QED) is 0.824. The maximum atomic E-state index is 12.4. The van der Waals surface area contributed by atoms with E-state index in [1.807, 2.05) is 11.9 Å². The zero-order valence-electron chi connectivity index (χ0n) is 10.6. The number of amides is 1. The van der Waals surface area contributed by atoms with Crippen LogP contribution in [0.3, 0.4) is 0 Å². The summed E-state index contributed by atoms with van der Waals surface area (Å²) in [6, 6.07) is 3.26. The summed E-state index contributed by atoms with van der Waals surface area (Å²) in [7, 11) is 1.89. The standard InChI is InChI=1S/C13H19N3O2/c1-14-9-11-4-2-3-7-16(11)13(18)10-5-6-15-12(17)8-10/h5-6,8,11,14H,2-4,7,9H2,1H3,(H,15,17). The molecule has 1 aliphatic heterocycles. The Kier molecular flexibility index (Phi) is 4.15. The van der Waals surface area contributed by atoms with Gasteiger partial charge >= 0.3 is 0 Å². The molecule has 2 N–H and O–H groups in total. The van der Waals surface area contributed by atoms with Crippen molar-refractivity contribution in [1.29, 1.82) is 0 Å². The minimum atomic E-state index is -0.233. The largest absolute Gasteiger partial charge is 0.334 e. The van der Waals surface area contributed by atoms with E-state index in [1.54, 1.807) is 6.07 Å². The molecule has 1 atom stereocenters. The Bertz CT molecular complexity index is 467. The number of pyridine rings is 1. The monoisotopic (exact) mass is 249 g/mol. The topological polar surface area (TPSA) is 65.2 Å². The smallest absolute Gasteiger partial charge is 0.254 e. The lowest BCUT2D eigenvalue weighted by Crippen LogP contribution is -2.48. The maximum absolute atomic E-state index is 12.4. The minimum absolute atomic E-state index is 0.0407. The second-order valence-electron chi connectivity index (χ2n) is 4.65. The number of H-pyrrole nitrogens is 1. The van der Waals surface area contributed by atoms with Crippen LogP contribution in [0.25, 0.3) is 0 Å². The van der Waals surface area contributed by atoms with Crippen molar-refractivity contribution in [2.24, 2.45) is 0 Å². The number of nitrogens with zero attached hydrogens (tertiary/aromatic N) is 1. The van der Waals surface area contributed by atoms with E-state index in [1.165, 1.54) is 12.3 Å². The molecule has 0 spiro atoms. The molecule has 1 unspecified atom stereocenters. The molecule has 1 aromatic heterocycles. The molecule has 1 fully saturated rings. The summed E-state index contributed by atoms with van der Waals surface area (Å²) in [6.07, 6.45) is 4.74. The lowest BCUT2D eigenvalue weighted by Gasteiger charge is -2.35. The first-order valence-corrected chi connectivity index (χ1v) is 6.36. The van der Waals surface area contributed by atoms with Crippen LogP contribution in [-0.2, 0) is 0 Å². The summed E-state index contributed by atoms with van der Waals surface area (Å²) in [5.74, 6) is -0.0407. The van der Waals surface area contributed by atoms with Crippen molar-refractivity contribution in [1.82, 2.24) is 15.2 Å². The highest BCUT2D eigenvalue weighted by atomic mass is 16.2. The van der Waals surface area contributed by atoms with Gasteiger partial charge in [-0.15, -0.1) is 0 Å². The number of aromatic amines is 1. The number of rotatable bonds is 3. The van der Waals surface area contributed by atoms with Gasteiger partial charge in [-0.2, -0.15) is 0 Å². The van der Waals surface area contributed by atoms with Crippen LogP contribution >= 0.6 is 0 Å². The Hall–Kier alpha value is -1.62. The zero-order chi connectivity index (χ0) is 13.0. The fourth-order valence-electron chi connectivity index (χ4n) is 2.46. The van der Waals surface area contributed by atoms with Crippen molar-refractivity contribution in [3.63, 3.8) is 0 Å². The average molecular weight is 249 g/mol. The molecule has 0 aliphatic carbocycles. The van der Waals surface area contributed by atoms with Crippen LogP contribution < -0.4 is 10.9 Å². The lowest BCUT2D eigenvalue weighted by atomic mass is 10.0. The summed E-state index contributed by atoms with van der Waals surface area (Å²) in [5.41, 5.74) is 0.241. The van der Waals surface area contributed by atoms with Crippen LogP contribution in [0.5, 0.6) is 0 Å². The van der Waals surface area contributed by atoms with Gasteiger partial charge in [0, 0.05) is 37.0 Å². The molecule has 1 aliphatic rings. The summed E-state index contributed by atoms with van der Waals surface area (Å²) < 4.78 is 0. The third-order valence-corrected chi connectivity index (χ3v) is 3.35. The molecule has 2 rings (SSSR count). The molecule has 0 bridgehead atoms. The highest BCUT2D eigenvalue weighted by molar-refractivity contribution is 5.94. The van der Waals surface area contributed by atoms with Gasteiger partial charge in [0.1, 0.15) is 0 Å². The van der Waals surface area contributed by atoms with E-state index in [0.717, 1.165) is 32.4 Å². The number of carbonyl (C=O) groups is 1. The van der Waals surface area contributed by atoms with E-state index in [4.69, 9.17) is 0 Å². The van der Waals surface area contributed by atoms with E-state index < -0.39 is 0 Å². The van der Waals surface area contributed by atoms with Crippen LogP contribution in [0.4, 0.5) is 0 Å². The molecule has 1 amide bonds. The summed E-state index contributed by atoms with van der Waals surface area (Å²) in [6.45, 7) is 1.58. The van der Waals surface area contributed by atoms with Crippen LogP contribution in [0.2, 0.25) is 0 Å². The normalized spacial score (nSPS) is 19.8. The number of hydrogen-bond donors (Lipinski definition) is 2. The molecular weight excluding hydrogens is 230 g/mol. The average Bonchev–Trinajstić information content (AvgIpc) is 2.39. The van der Waals surface area contributed by atoms with Gasteiger partial charge in [-0.3, -0.25) is 9.59 Å². The molecule has 0 aromatic carbocycles. The summed E-state index contributed by atoms with van der Waals surface area (Å²) >= 11 is 0. The van der Waals surface area contributed by atoms with E-state index in [-0.39, 0.29) is 17.5 Å². The molecule has 0 radical (unpaired) electrons. The first kappa shape index (κ1) is 12.8. The van der Waals surface area contributed by atoms with Gasteiger partial charge < -0.3 is 15.2 Å². The predicted molar refractivity (Wildman–Crippen MR) is 69.7 cm³/mol. The molecule has 18 heavy (non-hydrogen) atoms. The molecule has 0 saturated carbocycles. The number of likely N-dealkylation sites (N-methyl/N-ethyl adjacent to an activating group) is 1. The third kappa shape index (κ3) is 2.79. The molecular formula is C13H19N3O2. The number of piperidine rings is 1. The molecule has 1 saturated heterocycles. The van der Waals surface area contributed by atoms with Crippen LogP contribution in [-0.4, -0.2) is 42.0 Å². The second-order valence-corrected chi connectivity index (χ2v) is 4.65. The van der Waals surface area contributed by atoms with Gasteiger partial charge in [0.15, 0.2) is 0 Å². The van der Waals surface area contributed by atoms with Gasteiger partial charge in [0.05, 0.1) is 0 Å². The van der Waals surface area contributed by atoms with Gasteiger partial charge in [-0.1, -0.05) is 0 Å². The number of carbonyl (C=O) groups excluding carboxylic acids is 1. The fourth-order valence-corrected chi connectivity index (χ4v) is 2.46. The van der Waals surface area contributed by atoms with Gasteiger partial charge in [0.25, 0.3) is 5.91 Å². The zero-order valence-corrected chi connectivity index (χ0v) is 10.6. The second kappa shape index (κ2) is 5.82. The van der Waals surface area contributed by atoms with Crippen molar-refractivity contribution < 1.29 is 4.79 Å². The van der Waals surface area contributed by atoms with Crippen LogP contribution in [0.1, 0.15) is 29.6 Å². The van der Waals surface area contributed by atoms with Gasteiger partial charge in [-0.05, 0) is 32.4 Å². The summed E-state index contributed by atoms with van der Waals surface area (Å²) in [5, 5.41) is 3.12. The highest BCUT2D eigenvalue weighted by Gasteiger charge is 2.26. The Balaban J connectivity index is 2.18.